The molecular formula is C49H52N4O10S. The zero-order valence-electron chi connectivity index (χ0n) is 36.0. The van der Waals surface area contributed by atoms with Gasteiger partial charge in [0.1, 0.15) is 24.1 Å². The number of aromatic nitrogens is 2. The van der Waals surface area contributed by atoms with Crippen LogP contribution in [0.1, 0.15) is 34.3 Å². The van der Waals surface area contributed by atoms with E-state index in [-0.39, 0.29) is 22.0 Å². The molecule has 4 N–H and O–H groups in total. The van der Waals surface area contributed by atoms with Gasteiger partial charge in [0.2, 0.25) is 5.43 Å². The Bertz CT molecular complexity index is 2710. The summed E-state index contributed by atoms with van der Waals surface area (Å²) in [5, 5.41) is 2.94. The second-order valence-electron chi connectivity index (χ2n) is 15.8. The van der Waals surface area contributed by atoms with Gasteiger partial charge in [-0.25, -0.2) is 4.98 Å². The van der Waals surface area contributed by atoms with Crippen molar-refractivity contribution in [2.75, 3.05) is 57.8 Å². The summed E-state index contributed by atoms with van der Waals surface area (Å²) in [5.41, 5.74) is 13.3. The molecule has 1 atom stereocenters. The first kappa shape index (κ1) is 45.7. The SMILES string of the molecule is COc1cc(-c2cnc(N)c(-c3ccc(NC(=O)c4cn(CC5CCOCC5)cc(-c5ccc(C)cc5)c4=O)cc3)c2)ccc1OC[C@H]1COCCO1.Cc1ccc(S(=O)(=O)O)cc1. The van der Waals surface area contributed by atoms with Crippen LogP contribution in [0.3, 0.4) is 0 Å². The number of ether oxygens (including phenoxy) is 5. The van der Waals surface area contributed by atoms with E-state index in [0.717, 1.165) is 65.0 Å². The van der Waals surface area contributed by atoms with Crippen LogP contribution in [-0.2, 0) is 30.9 Å². The van der Waals surface area contributed by atoms with Crippen molar-refractivity contribution in [2.24, 2.45) is 5.92 Å². The Labute approximate surface area is 372 Å². The molecule has 14 nitrogen and oxygen atoms in total. The van der Waals surface area contributed by atoms with Gasteiger partial charge in [0.05, 0.1) is 31.8 Å². The minimum absolute atomic E-state index is 0.0666. The molecule has 6 aromatic rings. The van der Waals surface area contributed by atoms with E-state index >= 15 is 0 Å². The normalized spacial score (nSPS) is 15.4. The van der Waals surface area contributed by atoms with Crippen molar-refractivity contribution in [2.45, 2.75) is 44.2 Å². The summed E-state index contributed by atoms with van der Waals surface area (Å²) in [6, 6.07) is 28.8. The van der Waals surface area contributed by atoms with Crippen molar-refractivity contribution in [1.29, 1.82) is 0 Å². The molecule has 0 spiro atoms. The highest BCUT2D eigenvalue weighted by atomic mass is 32.2. The molecule has 0 aliphatic carbocycles. The quantitative estimate of drug-likeness (QED) is 0.101. The molecule has 0 saturated carbocycles. The number of pyridine rings is 2. The van der Waals surface area contributed by atoms with Crippen LogP contribution >= 0.6 is 0 Å². The molecule has 0 unspecified atom stereocenters. The molecule has 1 amide bonds. The van der Waals surface area contributed by atoms with Crippen LogP contribution in [-0.4, -0.2) is 81.3 Å². The van der Waals surface area contributed by atoms with E-state index < -0.39 is 16.0 Å². The molecule has 4 aromatic carbocycles. The molecule has 0 radical (unpaired) electrons. The van der Waals surface area contributed by atoms with Gasteiger partial charge >= 0.3 is 0 Å². The van der Waals surface area contributed by atoms with Gasteiger partial charge in [0.15, 0.2) is 11.5 Å². The Morgan fingerprint density at radius 2 is 1.47 bits per heavy atom. The number of benzene rings is 4. The summed E-state index contributed by atoms with van der Waals surface area (Å²) in [6.45, 7) is 7.97. The van der Waals surface area contributed by atoms with Crippen molar-refractivity contribution < 1.29 is 41.4 Å². The van der Waals surface area contributed by atoms with Gasteiger partial charge in [-0.05, 0) is 91.8 Å². The first-order chi connectivity index (χ1) is 30.8. The Balaban J connectivity index is 0.000000487. The van der Waals surface area contributed by atoms with Crippen molar-refractivity contribution >= 4 is 27.5 Å². The molecule has 8 rings (SSSR count). The largest absolute Gasteiger partial charge is 0.493 e. The first-order valence-corrected chi connectivity index (χ1v) is 22.4. The number of amides is 1. The molecule has 4 heterocycles. The number of nitrogen functional groups attached to an aromatic ring is 1. The Morgan fingerprint density at radius 3 is 2.12 bits per heavy atom. The van der Waals surface area contributed by atoms with E-state index in [1.807, 2.05) is 85.3 Å². The van der Waals surface area contributed by atoms with Crippen LogP contribution in [0, 0.1) is 19.8 Å². The average molecular weight is 889 g/mol. The lowest BCUT2D eigenvalue weighted by atomic mass is 9.99. The van der Waals surface area contributed by atoms with Gasteiger partial charge in [0, 0.05) is 60.7 Å². The Kier molecular flexibility index (Phi) is 14.9. The average Bonchev–Trinajstić information content (AvgIpc) is 3.30. The predicted octanol–water partition coefficient (Wildman–Crippen LogP) is 7.86. The second-order valence-corrected chi connectivity index (χ2v) is 17.2. The number of nitrogens with zero attached hydrogens (tertiary/aromatic N) is 2. The van der Waals surface area contributed by atoms with Crippen LogP contribution in [0.5, 0.6) is 11.5 Å². The molecule has 15 heteroatoms. The summed E-state index contributed by atoms with van der Waals surface area (Å²) in [6.07, 6.45) is 6.99. The smallest absolute Gasteiger partial charge is 0.294 e. The highest BCUT2D eigenvalue weighted by Crippen LogP contribution is 2.36. The number of nitrogens with two attached hydrogens (primary N) is 1. The lowest BCUT2D eigenvalue weighted by molar-refractivity contribution is -0.101. The number of rotatable bonds is 12. The highest BCUT2D eigenvalue weighted by molar-refractivity contribution is 7.85. The fourth-order valence-electron chi connectivity index (χ4n) is 7.35. The Morgan fingerprint density at radius 1 is 0.812 bits per heavy atom. The molecule has 2 aliphatic rings. The van der Waals surface area contributed by atoms with Gasteiger partial charge in [-0.3, -0.25) is 14.1 Å². The van der Waals surface area contributed by atoms with E-state index in [4.69, 9.17) is 34.0 Å². The number of hydrogen-bond donors (Lipinski definition) is 3. The number of methoxy groups -OCH3 is 1. The molecule has 2 fully saturated rings. The van der Waals surface area contributed by atoms with Crippen molar-refractivity contribution in [1.82, 2.24) is 9.55 Å². The van der Waals surface area contributed by atoms with Crippen LogP contribution in [0.15, 0.2) is 125 Å². The maximum Gasteiger partial charge on any atom is 0.294 e. The number of aryl methyl sites for hydroxylation is 2. The van der Waals surface area contributed by atoms with Crippen LogP contribution < -0.4 is 26.0 Å². The molecule has 2 aliphatic heterocycles. The third-order valence-electron chi connectivity index (χ3n) is 11.0. The first-order valence-electron chi connectivity index (χ1n) is 21.0. The van der Waals surface area contributed by atoms with Gasteiger partial charge in [0.25, 0.3) is 16.0 Å². The molecular weight excluding hydrogens is 837 g/mol. The zero-order chi connectivity index (χ0) is 45.2. The maximum atomic E-state index is 13.8. The molecule has 0 bridgehead atoms. The predicted molar refractivity (Wildman–Crippen MR) is 245 cm³/mol. The van der Waals surface area contributed by atoms with Gasteiger partial charge < -0.3 is 39.3 Å². The Hall–Kier alpha value is -6.36. The summed E-state index contributed by atoms with van der Waals surface area (Å²) in [4.78, 5) is 31.9. The number of anilines is 2. The maximum absolute atomic E-state index is 13.8. The van der Waals surface area contributed by atoms with Gasteiger partial charge in [-0.15, -0.1) is 0 Å². The standard InChI is InChI=1S/C42H44N4O7.C7H8O3S/c1-27-3-5-30(6-4-27)36-23-46(22-28-13-15-50-16-14-28)24-37(40(36)47)42(48)45-33-10-7-29(8-11-33)35-19-32(21-44-41(35)43)31-9-12-38(39(20-31)49-2)53-26-34-25-51-17-18-52-34;1-6-2-4-7(5-3-6)11(8,9)10/h3-12,19-21,23-24,28,34H,13-18,22,25-26H2,1-2H3,(H2,43,44)(H,45,48);2-5H,1H3,(H,8,9,10)/t34-;/m1./s1. The van der Waals surface area contributed by atoms with Gasteiger partial charge in [-0.1, -0.05) is 65.7 Å². The van der Waals surface area contributed by atoms with E-state index in [0.29, 0.717) is 67.5 Å². The number of hydrogen-bond acceptors (Lipinski definition) is 11. The summed E-state index contributed by atoms with van der Waals surface area (Å²) in [5.74, 6) is 1.48. The molecule has 334 valence electrons. The van der Waals surface area contributed by atoms with Crippen LogP contribution in [0.2, 0.25) is 0 Å². The zero-order valence-corrected chi connectivity index (χ0v) is 36.8. The topological polar surface area (TPSA) is 191 Å². The number of carbonyl (C=O) groups excluding carboxylic acids is 1. The van der Waals surface area contributed by atoms with Crippen molar-refractivity contribution in [3.05, 3.63) is 143 Å². The van der Waals surface area contributed by atoms with Gasteiger partial charge in [-0.2, -0.15) is 8.42 Å². The highest BCUT2D eigenvalue weighted by Gasteiger charge is 2.21. The lowest BCUT2D eigenvalue weighted by Crippen LogP contribution is -2.33. The minimum atomic E-state index is -4.02. The minimum Gasteiger partial charge on any atom is -0.493 e. The second kappa shape index (κ2) is 20.9. The van der Waals surface area contributed by atoms with Crippen LogP contribution in [0.25, 0.3) is 33.4 Å². The van der Waals surface area contributed by atoms with Crippen molar-refractivity contribution in [3.8, 4) is 44.9 Å². The molecule has 2 saturated heterocycles. The number of carbonyl (C=O) groups is 1. The summed E-state index contributed by atoms with van der Waals surface area (Å²) in [7, 11) is -2.42. The van der Waals surface area contributed by atoms with Crippen molar-refractivity contribution in [3.63, 3.8) is 0 Å². The van der Waals surface area contributed by atoms with E-state index in [1.54, 1.807) is 43.8 Å². The summed E-state index contributed by atoms with van der Waals surface area (Å²) < 4.78 is 59.9. The van der Waals surface area contributed by atoms with Crippen LogP contribution in [0.4, 0.5) is 11.5 Å². The molecule has 2 aromatic heterocycles. The fraction of sp³-hybridized carbons (Fsp3) is 0.286. The number of nitrogens with one attached hydrogen (secondary N) is 1. The van der Waals surface area contributed by atoms with E-state index in [1.165, 1.54) is 12.1 Å². The fourth-order valence-corrected chi connectivity index (χ4v) is 7.83. The third-order valence-corrected chi connectivity index (χ3v) is 11.9. The van der Waals surface area contributed by atoms with E-state index in [9.17, 15) is 18.0 Å². The third kappa shape index (κ3) is 11.8. The lowest BCUT2D eigenvalue weighted by Gasteiger charge is -2.23. The van der Waals surface area contributed by atoms with E-state index in [2.05, 4.69) is 10.3 Å². The monoisotopic (exact) mass is 888 g/mol. The summed E-state index contributed by atoms with van der Waals surface area (Å²) >= 11 is 0. The molecule has 64 heavy (non-hydrogen) atoms.